The van der Waals surface area contributed by atoms with Crippen molar-refractivity contribution >= 4 is 32.7 Å². The predicted octanol–water partition coefficient (Wildman–Crippen LogP) is 13.6. The number of hydrogen-bond donors (Lipinski definition) is 0. The third-order valence-corrected chi connectivity index (χ3v) is 11.6. The zero-order valence-corrected chi connectivity index (χ0v) is 31.0. The van der Waals surface area contributed by atoms with Gasteiger partial charge in [-0.05, 0) is 67.9 Å². The van der Waals surface area contributed by atoms with Gasteiger partial charge < -0.3 is 4.42 Å². The fourth-order valence-corrected chi connectivity index (χ4v) is 8.73. The topological polar surface area (TPSA) is 51.8 Å². The SMILES string of the molecule is CC1(C)c2ccccc2-c2cc(-c3cccc4c3oc3ccccc34)c(-c3ccc(-c4nc(-c5ccccc5)nc(-c5cccc6ccccc56)n4)cc3)cc21. The number of fused-ring (bicyclic) bond motifs is 7. The molecule has 2 heterocycles. The Morgan fingerprint density at radius 2 is 0.964 bits per heavy atom. The number of hydrogen-bond acceptors (Lipinski definition) is 4. The smallest absolute Gasteiger partial charge is 0.164 e. The summed E-state index contributed by atoms with van der Waals surface area (Å²) >= 11 is 0. The minimum absolute atomic E-state index is 0.152. The summed E-state index contributed by atoms with van der Waals surface area (Å²) in [6.45, 7) is 4.67. The lowest BCUT2D eigenvalue weighted by Crippen LogP contribution is -2.15. The molecular formula is C52H35N3O. The molecule has 0 saturated carbocycles. The largest absolute Gasteiger partial charge is 0.455 e. The third kappa shape index (κ3) is 5.03. The van der Waals surface area contributed by atoms with Crippen LogP contribution in [0.1, 0.15) is 25.0 Å². The molecule has 0 bridgehead atoms. The van der Waals surface area contributed by atoms with E-state index in [-0.39, 0.29) is 5.41 Å². The minimum Gasteiger partial charge on any atom is -0.455 e. The molecule has 0 atom stereocenters. The molecule has 4 nitrogen and oxygen atoms in total. The Kier molecular flexibility index (Phi) is 7.17. The Hall–Kier alpha value is -7.17. The van der Waals surface area contributed by atoms with Crippen molar-refractivity contribution < 1.29 is 4.42 Å². The van der Waals surface area contributed by atoms with E-state index in [0.717, 1.165) is 71.7 Å². The van der Waals surface area contributed by atoms with E-state index in [1.807, 2.05) is 36.4 Å². The Morgan fingerprint density at radius 3 is 1.80 bits per heavy atom. The molecule has 2 aromatic heterocycles. The lowest BCUT2D eigenvalue weighted by molar-refractivity contribution is 0.660. The van der Waals surface area contributed by atoms with E-state index in [0.29, 0.717) is 17.5 Å². The monoisotopic (exact) mass is 717 g/mol. The lowest BCUT2D eigenvalue weighted by Gasteiger charge is -2.23. The van der Waals surface area contributed by atoms with Crippen LogP contribution in [0.2, 0.25) is 0 Å². The van der Waals surface area contributed by atoms with Gasteiger partial charge in [-0.2, -0.15) is 0 Å². The van der Waals surface area contributed by atoms with Gasteiger partial charge in [0, 0.05) is 38.4 Å². The maximum absolute atomic E-state index is 6.64. The van der Waals surface area contributed by atoms with Crippen LogP contribution in [0.15, 0.2) is 180 Å². The molecular weight excluding hydrogens is 683 g/mol. The van der Waals surface area contributed by atoms with Crippen molar-refractivity contribution in [2.24, 2.45) is 0 Å². The van der Waals surface area contributed by atoms with E-state index < -0.39 is 0 Å². The molecule has 0 N–H and O–H groups in total. The van der Waals surface area contributed by atoms with E-state index in [2.05, 4.69) is 153 Å². The van der Waals surface area contributed by atoms with Gasteiger partial charge in [-0.1, -0.05) is 172 Å². The molecule has 1 aliphatic rings. The van der Waals surface area contributed by atoms with Crippen LogP contribution in [0.3, 0.4) is 0 Å². The van der Waals surface area contributed by atoms with Crippen molar-refractivity contribution in [2.45, 2.75) is 19.3 Å². The lowest BCUT2D eigenvalue weighted by atomic mass is 9.80. The molecule has 0 aliphatic heterocycles. The summed E-state index contributed by atoms with van der Waals surface area (Å²) in [4.78, 5) is 15.2. The highest BCUT2D eigenvalue weighted by Crippen LogP contribution is 2.52. The minimum atomic E-state index is -0.152. The summed E-state index contributed by atoms with van der Waals surface area (Å²) < 4.78 is 6.64. The molecule has 0 unspecified atom stereocenters. The van der Waals surface area contributed by atoms with Gasteiger partial charge in [0.05, 0.1) is 0 Å². The Bertz CT molecular complexity index is 3150. The van der Waals surface area contributed by atoms with E-state index in [9.17, 15) is 0 Å². The van der Waals surface area contributed by atoms with Crippen molar-refractivity contribution in [2.75, 3.05) is 0 Å². The molecule has 264 valence electrons. The molecule has 56 heavy (non-hydrogen) atoms. The van der Waals surface area contributed by atoms with Gasteiger partial charge in [-0.25, -0.2) is 15.0 Å². The van der Waals surface area contributed by atoms with Crippen molar-refractivity contribution in [3.8, 4) is 67.5 Å². The zero-order chi connectivity index (χ0) is 37.4. The molecule has 10 aromatic rings. The van der Waals surface area contributed by atoms with Crippen molar-refractivity contribution in [3.05, 3.63) is 187 Å². The number of rotatable bonds is 5. The van der Waals surface area contributed by atoms with Crippen molar-refractivity contribution in [1.29, 1.82) is 0 Å². The number of aromatic nitrogens is 3. The average Bonchev–Trinajstić information content (AvgIpc) is 3.75. The van der Waals surface area contributed by atoms with Gasteiger partial charge in [0.2, 0.25) is 0 Å². The normalized spacial score (nSPS) is 13.0. The van der Waals surface area contributed by atoms with Gasteiger partial charge in [0.1, 0.15) is 11.2 Å². The molecule has 1 aliphatic carbocycles. The van der Waals surface area contributed by atoms with Crippen molar-refractivity contribution in [1.82, 2.24) is 15.0 Å². The molecule has 0 amide bonds. The van der Waals surface area contributed by atoms with Gasteiger partial charge in [0.25, 0.3) is 0 Å². The first-order valence-electron chi connectivity index (χ1n) is 19.1. The average molecular weight is 718 g/mol. The van der Waals surface area contributed by atoms with Crippen LogP contribution >= 0.6 is 0 Å². The van der Waals surface area contributed by atoms with Crippen LogP contribution in [0.5, 0.6) is 0 Å². The van der Waals surface area contributed by atoms with Gasteiger partial charge >= 0.3 is 0 Å². The van der Waals surface area contributed by atoms with E-state index in [1.165, 1.54) is 22.3 Å². The standard InChI is InChI=1S/C52H35N3O/c1-52(2)45-24-10-8-19-37(45)44-30-43(40-22-13-21-39-38-20-9-11-25-47(38)56-48(39)40)42(31-46(44)52)33-26-28-35(29-27-33)50-53-49(34-15-4-3-5-16-34)54-51(55-50)41-23-12-17-32-14-6-7-18-36(32)41/h3-31H,1-2H3. The second-order valence-corrected chi connectivity index (χ2v) is 15.2. The highest BCUT2D eigenvalue weighted by molar-refractivity contribution is 6.11. The number of furan rings is 1. The molecule has 8 aromatic carbocycles. The summed E-state index contributed by atoms with van der Waals surface area (Å²) in [5.74, 6) is 1.92. The van der Waals surface area contributed by atoms with Crippen LogP contribution in [0, 0.1) is 0 Å². The van der Waals surface area contributed by atoms with Crippen LogP contribution in [0.25, 0.3) is 100 Å². The maximum atomic E-state index is 6.64. The zero-order valence-electron chi connectivity index (χ0n) is 31.0. The van der Waals surface area contributed by atoms with Crippen LogP contribution in [-0.2, 0) is 5.41 Å². The molecule has 0 fully saturated rings. The third-order valence-electron chi connectivity index (χ3n) is 11.6. The van der Waals surface area contributed by atoms with E-state index in [4.69, 9.17) is 19.4 Å². The number of benzene rings is 8. The van der Waals surface area contributed by atoms with Crippen LogP contribution in [-0.4, -0.2) is 15.0 Å². The summed E-state index contributed by atoms with van der Waals surface area (Å²) in [5, 5.41) is 4.49. The first kappa shape index (κ1) is 32.3. The summed E-state index contributed by atoms with van der Waals surface area (Å²) in [6.07, 6.45) is 0. The Balaban J connectivity index is 1.10. The second kappa shape index (κ2) is 12.4. The fraction of sp³-hybridized carbons (Fsp3) is 0.0577. The second-order valence-electron chi connectivity index (χ2n) is 15.2. The highest BCUT2D eigenvalue weighted by Gasteiger charge is 2.36. The Labute approximate surface area is 324 Å². The van der Waals surface area contributed by atoms with Gasteiger partial charge in [-0.3, -0.25) is 0 Å². The number of para-hydroxylation sites is 2. The molecule has 0 spiro atoms. The van der Waals surface area contributed by atoms with Crippen LogP contribution in [0.4, 0.5) is 0 Å². The predicted molar refractivity (Wildman–Crippen MR) is 229 cm³/mol. The maximum Gasteiger partial charge on any atom is 0.164 e. The molecule has 0 radical (unpaired) electrons. The molecule has 0 saturated heterocycles. The molecule has 11 rings (SSSR count). The highest BCUT2D eigenvalue weighted by atomic mass is 16.3. The Morgan fingerprint density at radius 1 is 0.375 bits per heavy atom. The van der Waals surface area contributed by atoms with E-state index >= 15 is 0 Å². The molecule has 4 heteroatoms. The summed E-state index contributed by atoms with van der Waals surface area (Å²) in [5.41, 5.74) is 14.2. The summed E-state index contributed by atoms with van der Waals surface area (Å²) in [6, 6.07) is 61.9. The van der Waals surface area contributed by atoms with Crippen molar-refractivity contribution in [3.63, 3.8) is 0 Å². The van der Waals surface area contributed by atoms with Crippen LogP contribution < -0.4 is 0 Å². The first-order valence-corrected chi connectivity index (χ1v) is 19.1. The first-order chi connectivity index (χ1) is 27.5. The quantitative estimate of drug-likeness (QED) is 0.178. The fourth-order valence-electron chi connectivity index (χ4n) is 8.73. The van der Waals surface area contributed by atoms with Gasteiger partial charge in [-0.15, -0.1) is 0 Å². The van der Waals surface area contributed by atoms with Gasteiger partial charge in [0.15, 0.2) is 17.5 Å². The number of nitrogens with zero attached hydrogens (tertiary/aromatic N) is 3. The summed E-state index contributed by atoms with van der Waals surface area (Å²) in [7, 11) is 0. The van der Waals surface area contributed by atoms with E-state index in [1.54, 1.807) is 0 Å².